The van der Waals surface area contributed by atoms with Crippen molar-refractivity contribution in [3.63, 3.8) is 0 Å². The summed E-state index contributed by atoms with van der Waals surface area (Å²) >= 11 is 0. The summed E-state index contributed by atoms with van der Waals surface area (Å²) in [6.07, 6.45) is 0. The molecule has 4 heteroatoms. The molecule has 1 atom stereocenters. The third kappa shape index (κ3) is 2.83. The number of carbonyl (C=O) groups is 1. The summed E-state index contributed by atoms with van der Waals surface area (Å²) in [5, 5.41) is 0. The first-order valence-corrected chi connectivity index (χ1v) is 4.37. The lowest BCUT2D eigenvalue weighted by molar-refractivity contribution is -0.131. The molecule has 0 radical (unpaired) electrons. The van der Waals surface area contributed by atoms with Gasteiger partial charge in [-0.2, -0.15) is 0 Å². The highest BCUT2D eigenvalue weighted by Gasteiger charge is 2.05. The van der Waals surface area contributed by atoms with Crippen molar-refractivity contribution in [2.24, 2.45) is 11.5 Å². The van der Waals surface area contributed by atoms with E-state index in [1.54, 1.807) is 18.2 Å². The Morgan fingerprint density at radius 2 is 2.29 bits per heavy atom. The van der Waals surface area contributed by atoms with Crippen LogP contribution in [0, 0.1) is 0 Å². The first-order valence-electron chi connectivity index (χ1n) is 4.37. The second-order valence-electron chi connectivity index (χ2n) is 3.01. The Hall–Kier alpha value is -1.39. The first-order chi connectivity index (χ1) is 6.63. The zero-order valence-electron chi connectivity index (χ0n) is 8.07. The van der Waals surface area contributed by atoms with E-state index in [9.17, 15) is 4.79 Å². The quantitative estimate of drug-likeness (QED) is 0.544. The number of nitrogens with two attached hydrogens (primary N) is 2. The molecular weight excluding hydrogens is 180 g/mol. The van der Waals surface area contributed by atoms with Crippen LogP contribution >= 0.6 is 0 Å². The fraction of sp³-hybridized carbons (Fsp3) is 0.300. The Balaban J connectivity index is 2.83. The van der Waals surface area contributed by atoms with Gasteiger partial charge in [0.2, 0.25) is 0 Å². The number of ether oxygens (including phenoxy) is 1. The minimum atomic E-state index is -0.344. The lowest BCUT2D eigenvalue weighted by Crippen LogP contribution is -2.20. The molecule has 4 nitrogen and oxygen atoms in total. The molecule has 1 aromatic carbocycles. The van der Waals surface area contributed by atoms with E-state index in [2.05, 4.69) is 0 Å². The van der Waals surface area contributed by atoms with Crippen LogP contribution in [0.15, 0.2) is 24.3 Å². The van der Waals surface area contributed by atoms with E-state index in [4.69, 9.17) is 16.2 Å². The van der Waals surface area contributed by atoms with Crippen LogP contribution in [0.2, 0.25) is 0 Å². The molecule has 1 unspecified atom stereocenters. The van der Waals surface area contributed by atoms with Crippen molar-refractivity contribution in [1.29, 1.82) is 0 Å². The maximum atomic E-state index is 10.7. The minimum absolute atomic E-state index is 0.217. The van der Waals surface area contributed by atoms with Crippen molar-refractivity contribution in [2.75, 3.05) is 6.54 Å². The topological polar surface area (TPSA) is 78.3 Å². The second-order valence-corrected chi connectivity index (χ2v) is 3.01. The standard InChI is InChI=1S/C10H14N2O2/c1-7(13)14-9-4-2-3-8(5-9)10(12)6-11/h2-5,10H,6,11-12H2,1H3. The molecule has 76 valence electrons. The molecule has 1 rings (SSSR count). The number of esters is 1. The molecule has 4 N–H and O–H groups in total. The van der Waals surface area contributed by atoms with E-state index in [-0.39, 0.29) is 12.0 Å². The molecule has 0 heterocycles. The number of hydrogen-bond acceptors (Lipinski definition) is 4. The third-order valence-corrected chi connectivity index (χ3v) is 1.80. The van der Waals surface area contributed by atoms with Crippen molar-refractivity contribution in [1.82, 2.24) is 0 Å². The average Bonchev–Trinajstić information content (AvgIpc) is 2.16. The predicted octanol–water partition coefficient (Wildman–Crippen LogP) is 0.570. The van der Waals surface area contributed by atoms with Gasteiger partial charge in [-0.1, -0.05) is 12.1 Å². The van der Waals surface area contributed by atoms with Crippen LogP contribution in [0.1, 0.15) is 18.5 Å². The second kappa shape index (κ2) is 4.74. The van der Waals surface area contributed by atoms with Crippen LogP contribution in [0.3, 0.4) is 0 Å². The maximum absolute atomic E-state index is 10.7. The first kappa shape index (κ1) is 10.7. The molecule has 1 aromatic rings. The van der Waals surface area contributed by atoms with Gasteiger partial charge >= 0.3 is 5.97 Å². The third-order valence-electron chi connectivity index (χ3n) is 1.80. The fourth-order valence-corrected chi connectivity index (χ4v) is 1.11. The Kier molecular flexibility index (Phi) is 3.62. The zero-order chi connectivity index (χ0) is 10.6. The van der Waals surface area contributed by atoms with E-state index in [1.165, 1.54) is 6.92 Å². The SMILES string of the molecule is CC(=O)Oc1cccc(C(N)CN)c1. The highest BCUT2D eigenvalue weighted by Crippen LogP contribution is 2.17. The van der Waals surface area contributed by atoms with Crippen LogP contribution in [0.4, 0.5) is 0 Å². The molecule has 0 aliphatic carbocycles. The van der Waals surface area contributed by atoms with Gasteiger partial charge in [-0.05, 0) is 17.7 Å². The highest BCUT2D eigenvalue weighted by atomic mass is 16.5. The van der Waals surface area contributed by atoms with Crippen LogP contribution in [-0.2, 0) is 4.79 Å². The van der Waals surface area contributed by atoms with Crippen molar-refractivity contribution < 1.29 is 9.53 Å². The lowest BCUT2D eigenvalue weighted by atomic mass is 10.1. The van der Waals surface area contributed by atoms with E-state index in [0.717, 1.165) is 5.56 Å². The van der Waals surface area contributed by atoms with Gasteiger partial charge in [-0.25, -0.2) is 0 Å². The van der Waals surface area contributed by atoms with Gasteiger partial charge in [-0.15, -0.1) is 0 Å². The summed E-state index contributed by atoms with van der Waals surface area (Å²) in [5.74, 6) is 0.155. The Morgan fingerprint density at radius 3 is 2.86 bits per heavy atom. The number of benzene rings is 1. The molecular formula is C10H14N2O2. The molecule has 0 saturated heterocycles. The van der Waals surface area contributed by atoms with Gasteiger partial charge in [-0.3, -0.25) is 4.79 Å². The highest BCUT2D eigenvalue weighted by molar-refractivity contribution is 5.69. The monoisotopic (exact) mass is 194 g/mol. The maximum Gasteiger partial charge on any atom is 0.308 e. The van der Waals surface area contributed by atoms with Gasteiger partial charge in [0.1, 0.15) is 5.75 Å². The molecule has 0 amide bonds. The van der Waals surface area contributed by atoms with E-state index < -0.39 is 0 Å². The Morgan fingerprint density at radius 1 is 1.57 bits per heavy atom. The molecule has 0 saturated carbocycles. The number of rotatable bonds is 3. The number of carbonyl (C=O) groups excluding carboxylic acids is 1. The summed E-state index contributed by atoms with van der Waals surface area (Å²) in [7, 11) is 0. The Bertz CT molecular complexity index is 326. The van der Waals surface area contributed by atoms with E-state index in [0.29, 0.717) is 12.3 Å². The normalized spacial score (nSPS) is 12.2. The smallest absolute Gasteiger partial charge is 0.308 e. The molecule has 0 aromatic heterocycles. The van der Waals surface area contributed by atoms with Gasteiger partial charge in [0.05, 0.1) is 0 Å². The van der Waals surface area contributed by atoms with Gasteiger partial charge in [0.15, 0.2) is 0 Å². The van der Waals surface area contributed by atoms with Crippen LogP contribution in [0.25, 0.3) is 0 Å². The molecule has 14 heavy (non-hydrogen) atoms. The molecule has 0 spiro atoms. The molecule has 0 aliphatic rings. The summed E-state index contributed by atoms with van der Waals surface area (Å²) in [5.41, 5.74) is 12.0. The molecule has 0 aliphatic heterocycles. The summed E-state index contributed by atoms with van der Waals surface area (Å²) in [4.78, 5) is 10.7. The molecule has 0 bridgehead atoms. The van der Waals surface area contributed by atoms with Crippen LogP contribution < -0.4 is 16.2 Å². The minimum Gasteiger partial charge on any atom is -0.427 e. The number of hydrogen-bond donors (Lipinski definition) is 2. The van der Waals surface area contributed by atoms with Crippen molar-refractivity contribution in [2.45, 2.75) is 13.0 Å². The average molecular weight is 194 g/mol. The van der Waals surface area contributed by atoms with Gasteiger partial charge in [0.25, 0.3) is 0 Å². The van der Waals surface area contributed by atoms with E-state index >= 15 is 0 Å². The molecule has 0 fully saturated rings. The summed E-state index contributed by atoms with van der Waals surface area (Å²) in [6, 6.07) is 6.84. The predicted molar refractivity (Wildman–Crippen MR) is 53.7 cm³/mol. The Labute approximate surface area is 82.8 Å². The van der Waals surface area contributed by atoms with Crippen LogP contribution in [0.5, 0.6) is 5.75 Å². The van der Waals surface area contributed by atoms with Gasteiger partial charge in [0, 0.05) is 19.5 Å². The largest absolute Gasteiger partial charge is 0.427 e. The summed E-state index contributed by atoms with van der Waals surface area (Å²) < 4.78 is 4.91. The fourth-order valence-electron chi connectivity index (χ4n) is 1.11. The van der Waals surface area contributed by atoms with Gasteiger partial charge < -0.3 is 16.2 Å². The summed E-state index contributed by atoms with van der Waals surface area (Å²) in [6.45, 7) is 1.72. The van der Waals surface area contributed by atoms with Crippen LogP contribution in [-0.4, -0.2) is 12.5 Å². The van der Waals surface area contributed by atoms with Crippen molar-refractivity contribution >= 4 is 5.97 Å². The van der Waals surface area contributed by atoms with Crippen molar-refractivity contribution in [3.8, 4) is 5.75 Å². The van der Waals surface area contributed by atoms with Crippen molar-refractivity contribution in [3.05, 3.63) is 29.8 Å². The lowest BCUT2D eigenvalue weighted by Gasteiger charge is -2.10. The van der Waals surface area contributed by atoms with E-state index in [1.807, 2.05) is 6.07 Å². The zero-order valence-corrected chi connectivity index (χ0v) is 8.07.